The molecule has 0 atom stereocenters. The monoisotopic (exact) mass is 315 g/mol. The van der Waals surface area contributed by atoms with Gasteiger partial charge >= 0.3 is 5.69 Å². The molecule has 0 saturated carbocycles. The predicted molar refractivity (Wildman–Crippen MR) is 78.4 cm³/mol. The minimum atomic E-state index is -1.44. The summed E-state index contributed by atoms with van der Waals surface area (Å²) in [4.78, 5) is 33.5. The Bertz CT molecular complexity index is 787. The van der Waals surface area contributed by atoms with Crippen molar-refractivity contribution in [3.05, 3.63) is 63.7 Å². The fraction of sp³-hybridized carbons (Fsp3) is 0.0667. The van der Waals surface area contributed by atoms with Gasteiger partial charge in [-0.05, 0) is 18.2 Å². The second-order valence-corrected chi connectivity index (χ2v) is 4.43. The summed E-state index contributed by atoms with van der Waals surface area (Å²) in [5.41, 5.74) is -0.529. The zero-order valence-electron chi connectivity index (χ0n) is 11.9. The first-order chi connectivity index (χ1) is 10.9. The van der Waals surface area contributed by atoms with E-state index < -0.39 is 16.8 Å². The number of amides is 1. The summed E-state index contributed by atoms with van der Waals surface area (Å²) >= 11 is 0. The maximum Gasteiger partial charge on any atom is 0.311 e. The number of carboxylic acids is 1. The van der Waals surface area contributed by atoms with Crippen LogP contribution >= 0.6 is 0 Å². The van der Waals surface area contributed by atoms with E-state index in [1.165, 1.54) is 37.4 Å². The molecule has 23 heavy (non-hydrogen) atoms. The van der Waals surface area contributed by atoms with Gasteiger partial charge in [0.2, 0.25) is 0 Å². The standard InChI is InChI=1S/C15H12N2O6/c1-23-13-7-6-9(8-12(13)17(21)22)14(18)16-11-5-3-2-4-10(11)15(19)20/h2-8H,1H3,(H,16,18)(H,19,20)/p-1. The van der Waals surface area contributed by atoms with Crippen molar-refractivity contribution in [1.29, 1.82) is 0 Å². The highest BCUT2D eigenvalue weighted by molar-refractivity contribution is 6.07. The van der Waals surface area contributed by atoms with Crippen LogP contribution in [0.3, 0.4) is 0 Å². The molecule has 0 fully saturated rings. The third-order valence-corrected chi connectivity index (χ3v) is 3.03. The van der Waals surface area contributed by atoms with Gasteiger partial charge in [-0.25, -0.2) is 0 Å². The van der Waals surface area contributed by atoms with Gasteiger partial charge in [0.1, 0.15) is 0 Å². The number of carbonyl (C=O) groups is 2. The van der Waals surface area contributed by atoms with Crippen molar-refractivity contribution < 1.29 is 24.4 Å². The molecule has 0 bridgehead atoms. The van der Waals surface area contributed by atoms with E-state index in [9.17, 15) is 24.8 Å². The first-order valence-electron chi connectivity index (χ1n) is 6.38. The highest BCUT2D eigenvalue weighted by Gasteiger charge is 2.18. The molecule has 0 aliphatic heterocycles. The van der Waals surface area contributed by atoms with Crippen LogP contribution in [0.25, 0.3) is 0 Å². The van der Waals surface area contributed by atoms with Crippen LogP contribution in [0, 0.1) is 10.1 Å². The van der Waals surface area contributed by atoms with Crippen molar-refractivity contribution in [2.45, 2.75) is 0 Å². The lowest BCUT2D eigenvalue weighted by Crippen LogP contribution is -2.24. The number of rotatable bonds is 5. The lowest BCUT2D eigenvalue weighted by Gasteiger charge is -2.11. The molecule has 0 unspecified atom stereocenters. The smallest absolute Gasteiger partial charge is 0.311 e. The number of nitrogens with one attached hydrogen (secondary N) is 1. The zero-order valence-corrected chi connectivity index (χ0v) is 11.9. The lowest BCUT2D eigenvalue weighted by molar-refractivity contribution is -0.385. The number of hydrogen-bond acceptors (Lipinski definition) is 6. The van der Waals surface area contributed by atoms with E-state index in [1.54, 1.807) is 6.07 Å². The minimum Gasteiger partial charge on any atom is -0.545 e. The Hall–Kier alpha value is -3.42. The molecule has 0 heterocycles. The summed E-state index contributed by atoms with van der Waals surface area (Å²) in [5.74, 6) is -2.12. The Kier molecular flexibility index (Phi) is 4.55. The first-order valence-corrected chi connectivity index (χ1v) is 6.38. The van der Waals surface area contributed by atoms with Gasteiger partial charge in [0.15, 0.2) is 5.75 Å². The van der Waals surface area contributed by atoms with E-state index in [1.807, 2.05) is 0 Å². The van der Waals surface area contributed by atoms with Gasteiger partial charge in [-0.3, -0.25) is 14.9 Å². The Labute approximate surface area is 130 Å². The van der Waals surface area contributed by atoms with Crippen molar-refractivity contribution >= 4 is 23.3 Å². The third kappa shape index (κ3) is 3.43. The molecule has 118 valence electrons. The van der Waals surface area contributed by atoms with Crippen LogP contribution in [-0.2, 0) is 0 Å². The highest BCUT2D eigenvalue weighted by atomic mass is 16.6. The van der Waals surface area contributed by atoms with Crippen LogP contribution in [-0.4, -0.2) is 23.9 Å². The topological polar surface area (TPSA) is 122 Å². The number of methoxy groups -OCH3 is 1. The lowest BCUT2D eigenvalue weighted by atomic mass is 10.1. The quantitative estimate of drug-likeness (QED) is 0.654. The number of nitro benzene ring substituents is 1. The van der Waals surface area contributed by atoms with Crippen LogP contribution in [0.5, 0.6) is 5.75 Å². The fourth-order valence-electron chi connectivity index (χ4n) is 1.94. The summed E-state index contributed by atoms with van der Waals surface area (Å²) in [6.07, 6.45) is 0. The second-order valence-electron chi connectivity index (χ2n) is 4.43. The number of aromatic carboxylic acids is 1. The summed E-state index contributed by atoms with van der Waals surface area (Å²) in [6.45, 7) is 0. The molecule has 1 amide bonds. The number of benzene rings is 2. The number of hydrogen-bond donors (Lipinski definition) is 1. The Morgan fingerprint density at radius 3 is 2.48 bits per heavy atom. The van der Waals surface area contributed by atoms with E-state index in [4.69, 9.17) is 4.74 Å². The van der Waals surface area contributed by atoms with Crippen molar-refractivity contribution in [2.75, 3.05) is 12.4 Å². The molecule has 0 spiro atoms. The van der Waals surface area contributed by atoms with Crippen LogP contribution < -0.4 is 15.2 Å². The van der Waals surface area contributed by atoms with Gasteiger partial charge in [-0.1, -0.05) is 18.2 Å². The van der Waals surface area contributed by atoms with Crippen LogP contribution in [0.4, 0.5) is 11.4 Å². The highest BCUT2D eigenvalue weighted by Crippen LogP contribution is 2.28. The third-order valence-electron chi connectivity index (χ3n) is 3.03. The summed E-state index contributed by atoms with van der Waals surface area (Å²) in [5, 5.41) is 24.4. The normalized spacial score (nSPS) is 9.96. The summed E-state index contributed by atoms with van der Waals surface area (Å²) in [7, 11) is 1.28. The van der Waals surface area contributed by atoms with Gasteiger partial charge in [0.05, 0.1) is 23.7 Å². The molecule has 8 heteroatoms. The minimum absolute atomic E-state index is 0.00866. The van der Waals surface area contributed by atoms with E-state index in [0.29, 0.717) is 0 Å². The van der Waals surface area contributed by atoms with Crippen LogP contribution in [0.15, 0.2) is 42.5 Å². The molecule has 0 saturated heterocycles. The largest absolute Gasteiger partial charge is 0.545 e. The Morgan fingerprint density at radius 1 is 1.17 bits per heavy atom. The van der Waals surface area contributed by atoms with Gasteiger partial charge < -0.3 is 20.0 Å². The molecular formula is C15H11N2O6-. The molecule has 2 aromatic carbocycles. The van der Waals surface area contributed by atoms with Crippen LogP contribution in [0.1, 0.15) is 20.7 Å². The maximum absolute atomic E-state index is 12.2. The molecule has 1 N–H and O–H groups in total. The van der Waals surface area contributed by atoms with Gasteiger partial charge in [0, 0.05) is 17.2 Å². The molecule has 2 rings (SSSR count). The molecule has 0 aromatic heterocycles. The molecule has 0 aliphatic carbocycles. The van der Waals surface area contributed by atoms with Crippen molar-refractivity contribution in [2.24, 2.45) is 0 Å². The number of para-hydroxylation sites is 1. The van der Waals surface area contributed by atoms with Gasteiger partial charge in [0.25, 0.3) is 5.91 Å². The fourth-order valence-corrected chi connectivity index (χ4v) is 1.94. The van der Waals surface area contributed by atoms with Gasteiger partial charge in [-0.2, -0.15) is 0 Å². The van der Waals surface area contributed by atoms with Crippen molar-refractivity contribution in [3.63, 3.8) is 0 Å². The number of ether oxygens (including phenoxy) is 1. The molecule has 0 aliphatic rings. The Balaban J connectivity index is 2.34. The van der Waals surface area contributed by atoms with Crippen molar-refractivity contribution in [3.8, 4) is 5.75 Å². The van der Waals surface area contributed by atoms with Gasteiger partial charge in [-0.15, -0.1) is 0 Å². The average molecular weight is 315 g/mol. The summed E-state index contributed by atoms with van der Waals surface area (Å²) in [6, 6.07) is 9.37. The van der Waals surface area contributed by atoms with E-state index in [0.717, 1.165) is 6.07 Å². The number of carbonyl (C=O) groups excluding carboxylic acids is 2. The SMILES string of the molecule is COc1ccc(C(=O)Nc2ccccc2C(=O)[O-])cc1[N+](=O)[O-]. The van der Waals surface area contributed by atoms with E-state index in [2.05, 4.69) is 5.32 Å². The molecule has 8 nitrogen and oxygen atoms in total. The molecular weight excluding hydrogens is 304 g/mol. The van der Waals surface area contributed by atoms with Crippen molar-refractivity contribution in [1.82, 2.24) is 0 Å². The number of nitrogens with zero attached hydrogens (tertiary/aromatic N) is 1. The second kappa shape index (κ2) is 6.56. The summed E-state index contributed by atoms with van der Waals surface area (Å²) < 4.78 is 4.85. The number of anilines is 1. The Morgan fingerprint density at radius 2 is 1.87 bits per heavy atom. The molecule has 0 radical (unpaired) electrons. The van der Waals surface area contributed by atoms with Crippen LogP contribution in [0.2, 0.25) is 0 Å². The first kappa shape index (κ1) is 16.0. The number of nitro groups is 1. The maximum atomic E-state index is 12.2. The predicted octanol–water partition coefficient (Wildman–Crippen LogP) is 1.22. The number of carboxylic acid groups (broad SMARTS) is 1. The van der Waals surface area contributed by atoms with E-state index >= 15 is 0 Å². The average Bonchev–Trinajstić information content (AvgIpc) is 2.54. The zero-order chi connectivity index (χ0) is 17.0. The van der Waals surface area contributed by atoms with E-state index in [-0.39, 0.29) is 28.3 Å². The molecule has 2 aromatic rings.